The highest BCUT2D eigenvalue weighted by Crippen LogP contribution is 2.10. The molecule has 3 heterocycles. The number of carbonyl (C=O) groups is 1. The molecule has 0 saturated carbocycles. The molecule has 0 fully saturated rings. The second kappa shape index (κ2) is 5.60. The third-order valence-electron chi connectivity index (χ3n) is 2.97. The molecule has 0 bridgehead atoms. The van der Waals surface area contributed by atoms with Crippen LogP contribution in [0.1, 0.15) is 10.5 Å². The van der Waals surface area contributed by atoms with E-state index >= 15 is 0 Å². The fourth-order valence-corrected chi connectivity index (χ4v) is 1.83. The van der Waals surface area contributed by atoms with Crippen LogP contribution >= 0.6 is 0 Å². The molecule has 0 aliphatic heterocycles. The van der Waals surface area contributed by atoms with Gasteiger partial charge in [0.25, 0.3) is 11.5 Å². The van der Waals surface area contributed by atoms with Crippen molar-refractivity contribution >= 4 is 11.6 Å². The summed E-state index contributed by atoms with van der Waals surface area (Å²) in [6.07, 6.45) is 6.60. The predicted octanol–water partition coefficient (Wildman–Crippen LogP) is 0.613. The van der Waals surface area contributed by atoms with E-state index in [2.05, 4.69) is 20.4 Å². The number of hydrogen-bond donors (Lipinski definition) is 1. The lowest BCUT2D eigenvalue weighted by Gasteiger charge is -2.06. The minimum Gasteiger partial charge on any atom is -0.319 e. The molecule has 0 aliphatic carbocycles. The van der Waals surface area contributed by atoms with Crippen molar-refractivity contribution in [2.24, 2.45) is 7.05 Å². The van der Waals surface area contributed by atoms with Gasteiger partial charge in [-0.25, -0.2) is 14.6 Å². The summed E-state index contributed by atoms with van der Waals surface area (Å²) in [6, 6.07) is 6.15. The second-order valence-corrected chi connectivity index (χ2v) is 4.51. The van der Waals surface area contributed by atoms with E-state index in [0.29, 0.717) is 11.5 Å². The van der Waals surface area contributed by atoms with Crippen molar-refractivity contribution in [2.45, 2.75) is 0 Å². The maximum atomic E-state index is 12.1. The van der Waals surface area contributed by atoms with Gasteiger partial charge in [-0.05, 0) is 18.2 Å². The van der Waals surface area contributed by atoms with Gasteiger partial charge in [0.1, 0.15) is 17.8 Å². The van der Waals surface area contributed by atoms with Crippen LogP contribution in [-0.2, 0) is 7.05 Å². The van der Waals surface area contributed by atoms with Crippen LogP contribution in [0.25, 0.3) is 5.82 Å². The third kappa shape index (κ3) is 2.75. The number of hydrogen-bond acceptors (Lipinski definition) is 5. The van der Waals surface area contributed by atoms with Gasteiger partial charge in [0.05, 0.1) is 11.9 Å². The van der Waals surface area contributed by atoms with Crippen LogP contribution in [0, 0.1) is 0 Å². The summed E-state index contributed by atoms with van der Waals surface area (Å²) < 4.78 is 2.86. The zero-order valence-electron chi connectivity index (χ0n) is 11.7. The molecule has 0 atom stereocenters. The molecule has 3 aromatic rings. The van der Waals surface area contributed by atoms with Gasteiger partial charge in [-0.15, -0.1) is 0 Å². The summed E-state index contributed by atoms with van der Waals surface area (Å²) in [5.41, 5.74) is 0.410. The first-order valence-electron chi connectivity index (χ1n) is 6.43. The zero-order valence-corrected chi connectivity index (χ0v) is 11.7. The number of carbonyl (C=O) groups excluding carboxylic acids is 1. The highest BCUT2D eigenvalue weighted by molar-refractivity contribution is 6.02. The van der Waals surface area contributed by atoms with Gasteiger partial charge in [0.2, 0.25) is 0 Å². The molecular weight excluding hydrogens is 284 g/mol. The van der Waals surface area contributed by atoms with Crippen LogP contribution in [0.4, 0.5) is 5.69 Å². The minimum atomic E-state index is -0.409. The van der Waals surface area contributed by atoms with Crippen molar-refractivity contribution in [3.8, 4) is 5.82 Å². The molecule has 0 spiro atoms. The number of aromatic nitrogens is 5. The maximum Gasteiger partial charge on any atom is 0.276 e. The number of imidazole rings is 1. The van der Waals surface area contributed by atoms with Crippen LogP contribution in [0.3, 0.4) is 0 Å². The number of aryl methyl sites for hydroxylation is 1. The van der Waals surface area contributed by atoms with E-state index in [1.807, 2.05) is 0 Å². The topological polar surface area (TPSA) is 94.7 Å². The van der Waals surface area contributed by atoms with E-state index in [1.54, 1.807) is 35.4 Å². The van der Waals surface area contributed by atoms with Crippen molar-refractivity contribution in [1.29, 1.82) is 0 Å². The largest absolute Gasteiger partial charge is 0.319 e. The Morgan fingerprint density at radius 1 is 1.23 bits per heavy atom. The summed E-state index contributed by atoms with van der Waals surface area (Å²) in [6.45, 7) is 0. The van der Waals surface area contributed by atoms with E-state index in [9.17, 15) is 9.59 Å². The molecule has 0 saturated heterocycles. The molecule has 1 N–H and O–H groups in total. The van der Waals surface area contributed by atoms with E-state index in [0.717, 1.165) is 4.68 Å². The minimum absolute atomic E-state index is 0.154. The summed E-state index contributed by atoms with van der Waals surface area (Å²) in [4.78, 5) is 31.5. The van der Waals surface area contributed by atoms with E-state index in [1.165, 1.54) is 25.4 Å². The normalized spacial score (nSPS) is 10.4. The van der Waals surface area contributed by atoms with Gasteiger partial charge in [-0.3, -0.25) is 14.2 Å². The Morgan fingerprint density at radius 2 is 2.09 bits per heavy atom. The van der Waals surface area contributed by atoms with Gasteiger partial charge in [0, 0.05) is 25.5 Å². The average molecular weight is 296 g/mol. The Bertz CT molecular complexity index is 852. The van der Waals surface area contributed by atoms with Crippen molar-refractivity contribution in [2.75, 3.05) is 5.32 Å². The third-order valence-corrected chi connectivity index (χ3v) is 2.97. The van der Waals surface area contributed by atoms with E-state index in [-0.39, 0.29) is 11.3 Å². The first kappa shape index (κ1) is 13.7. The summed E-state index contributed by atoms with van der Waals surface area (Å²) in [5.74, 6) is 0.281. The number of rotatable bonds is 3. The highest BCUT2D eigenvalue weighted by atomic mass is 16.2. The van der Waals surface area contributed by atoms with Gasteiger partial charge in [0.15, 0.2) is 0 Å². The molecular formula is C14H12N6O2. The van der Waals surface area contributed by atoms with Gasteiger partial charge in [-0.1, -0.05) is 0 Å². The standard InChI is InChI=1S/C14H12N6O2/c1-19-13(21)5-3-11(18-19)14(22)17-10-2-4-12(16-8-10)20-7-6-15-9-20/h2-9H,1H3,(H,17,22). The zero-order chi connectivity index (χ0) is 15.5. The summed E-state index contributed by atoms with van der Waals surface area (Å²) >= 11 is 0. The molecule has 22 heavy (non-hydrogen) atoms. The maximum absolute atomic E-state index is 12.1. The van der Waals surface area contributed by atoms with Gasteiger partial charge >= 0.3 is 0 Å². The van der Waals surface area contributed by atoms with E-state index < -0.39 is 5.91 Å². The van der Waals surface area contributed by atoms with Crippen molar-refractivity contribution in [1.82, 2.24) is 24.3 Å². The highest BCUT2D eigenvalue weighted by Gasteiger charge is 2.09. The summed E-state index contributed by atoms with van der Waals surface area (Å²) in [5, 5.41) is 6.56. The Morgan fingerprint density at radius 3 is 2.73 bits per heavy atom. The quantitative estimate of drug-likeness (QED) is 0.764. The number of nitrogens with zero attached hydrogens (tertiary/aromatic N) is 5. The lowest BCUT2D eigenvalue weighted by Crippen LogP contribution is -2.23. The lowest BCUT2D eigenvalue weighted by molar-refractivity contribution is 0.102. The predicted molar refractivity (Wildman–Crippen MR) is 78.8 cm³/mol. The number of anilines is 1. The summed E-state index contributed by atoms with van der Waals surface area (Å²) in [7, 11) is 1.49. The molecule has 110 valence electrons. The molecule has 8 heteroatoms. The molecule has 0 radical (unpaired) electrons. The monoisotopic (exact) mass is 296 g/mol. The van der Waals surface area contributed by atoms with E-state index in [4.69, 9.17) is 0 Å². The van der Waals surface area contributed by atoms with Crippen molar-refractivity contribution in [3.63, 3.8) is 0 Å². The molecule has 0 aromatic carbocycles. The van der Waals surface area contributed by atoms with Crippen LogP contribution < -0.4 is 10.9 Å². The SMILES string of the molecule is Cn1nc(C(=O)Nc2ccc(-n3ccnc3)nc2)ccc1=O. The molecule has 3 aromatic heterocycles. The fourth-order valence-electron chi connectivity index (χ4n) is 1.83. The molecule has 0 unspecified atom stereocenters. The number of amides is 1. The first-order chi connectivity index (χ1) is 10.6. The molecule has 0 aliphatic rings. The van der Waals surface area contributed by atoms with Crippen LogP contribution in [0.5, 0.6) is 0 Å². The van der Waals surface area contributed by atoms with Crippen molar-refractivity contribution in [3.05, 3.63) is 65.2 Å². The Labute approximate surface area is 125 Å². The van der Waals surface area contributed by atoms with Gasteiger partial charge in [-0.2, -0.15) is 5.10 Å². The van der Waals surface area contributed by atoms with Crippen LogP contribution in [-0.4, -0.2) is 30.2 Å². The number of nitrogens with one attached hydrogen (secondary N) is 1. The molecule has 8 nitrogen and oxygen atoms in total. The van der Waals surface area contributed by atoms with Gasteiger partial charge < -0.3 is 5.32 Å². The second-order valence-electron chi connectivity index (χ2n) is 4.51. The smallest absolute Gasteiger partial charge is 0.276 e. The number of pyridine rings is 1. The molecule has 1 amide bonds. The Balaban J connectivity index is 1.76. The average Bonchev–Trinajstić information content (AvgIpc) is 3.05. The fraction of sp³-hybridized carbons (Fsp3) is 0.0714. The van der Waals surface area contributed by atoms with Crippen LogP contribution in [0.2, 0.25) is 0 Å². The Hall–Kier alpha value is -3.29. The van der Waals surface area contributed by atoms with Crippen LogP contribution in [0.15, 0.2) is 54.0 Å². The molecule has 3 rings (SSSR count). The van der Waals surface area contributed by atoms with Crippen molar-refractivity contribution < 1.29 is 4.79 Å². The lowest BCUT2D eigenvalue weighted by atomic mass is 10.3. The Kier molecular flexibility index (Phi) is 3.48. The first-order valence-corrected chi connectivity index (χ1v) is 6.43.